The number of ether oxygens (including phenoxy) is 1. The molecule has 0 aromatic heterocycles. The zero-order chi connectivity index (χ0) is 19.2. The average molecular weight is 357 g/mol. The summed E-state index contributed by atoms with van der Waals surface area (Å²) < 4.78 is 5.22. The second kappa shape index (κ2) is 8.29. The fourth-order valence-electron chi connectivity index (χ4n) is 3.21. The number of nitrogens with zero attached hydrogens (tertiary/aromatic N) is 1. The lowest BCUT2D eigenvalue weighted by molar-refractivity contribution is -0.110. The van der Waals surface area contributed by atoms with Crippen molar-refractivity contribution in [2.45, 2.75) is 12.3 Å². The molecule has 0 saturated heterocycles. The maximum Gasteiger partial charge on any atom is 0.163 e. The molecule has 0 aliphatic rings. The van der Waals surface area contributed by atoms with E-state index in [4.69, 9.17) is 4.74 Å². The fourth-order valence-corrected chi connectivity index (χ4v) is 3.21. The minimum atomic E-state index is -0.860. The lowest BCUT2D eigenvalue weighted by Gasteiger charge is -2.18. The van der Waals surface area contributed by atoms with Crippen molar-refractivity contribution in [3.05, 3.63) is 77.9 Å². The van der Waals surface area contributed by atoms with Crippen molar-refractivity contribution in [3.63, 3.8) is 0 Å². The van der Waals surface area contributed by atoms with Crippen LogP contribution >= 0.6 is 0 Å². The highest BCUT2D eigenvalue weighted by molar-refractivity contribution is 6.00. The van der Waals surface area contributed by atoms with Gasteiger partial charge in [0.2, 0.25) is 0 Å². The van der Waals surface area contributed by atoms with Crippen molar-refractivity contribution >= 4 is 22.8 Å². The molecule has 3 rings (SSSR count). The van der Waals surface area contributed by atoms with E-state index in [1.165, 1.54) is 0 Å². The SMILES string of the molecule is COc1ccc2cc(C(=O)CC(c3ccccc3)C(C#N)C=O)ccc2c1. The number of hydrogen-bond donors (Lipinski definition) is 0. The molecular weight excluding hydrogens is 338 g/mol. The summed E-state index contributed by atoms with van der Waals surface area (Å²) in [7, 11) is 1.61. The van der Waals surface area contributed by atoms with Gasteiger partial charge in [0.05, 0.1) is 13.2 Å². The summed E-state index contributed by atoms with van der Waals surface area (Å²) in [5.41, 5.74) is 1.38. The minimum absolute atomic E-state index is 0.0938. The predicted molar refractivity (Wildman–Crippen MR) is 104 cm³/mol. The largest absolute Gasteiger partial charge is 0.497 e. The average Bonchev–Trinajstić information content (AvgIpc) is 2.73. The van der Waals surface area contributed by atoms with E-state index < -0.39 is 11.8 Å². The number of ketones is 1. The van der Waals surface area contributed by atoms with Crippen LogP contribution in [0.15, 0.2) is 66.7 Å². The zero-order valence-corrected chi connectivity index (χ0v) is 15.0. The van der Waals surface area contributed by atoms with E-state index in [-0.39, 0.29) is 12.2 Å². The maximum absolute atomic E-state index is 12.9. The molecule has 0 heterocycles. The van der Waals surface area contributed by atoms with Crippen LogP contribution in [0.1, 0.15) is 28.3 Å². The molecular formula is C23H19NO3. The first-order chi connectivity index (χ1) is 13.2. The molecule has 0 saturated carbocycles. The molecule has 2 unspecified atom stereocenters. The third kappa shape index (κ3) is 4.04. The highest BCUT2D eigenvalue weighted by Gasteiger charge is 2.26. The molecule has 0 N–H and O–H groups in total. The Labute approximate surface area is 158 Å². The molecule has 134 valence electrons. The minimum Gasteiger partial charge on any atom is -0.497 e. The van der Waals surface area contributed by atoms with Gasteiger partial charge in [-0.3, -0.25) is 4.79 Å². The molecule has 0 aliphatic carbocycles. The number of fused-ring (bicyclic) bond motifs is 1. The predicted octanol–water partition coefficient (Wildman–Crippen LogP) is 4.54. The van der Waals surface area contributed by atoms with Gasteiger partial charge in [0, 0.05) is 17.9 Å². The summed E-state index contributed by atoms with van der Waals surface area (Å²) >= 11 is 0. The zero-order valence-electron chi connectivity index (χ0n) is 15.0. The summed E-state index contributed by atoms with van der Waals surface area (Å²) in [6.45, 7) is 0. The van der Waals surface area contributed by atoms with Crippen LogP contribution in [-0.2, 0) is 4.79 Å². The number of carbonyl (C=O) groups is 2. The number of aldehydes is 1. The first-order valence-electron chi connectivity index (χ1n) is 8.67. The van der Waals surface area contributed by atoms with Crippen LogP contribution in [-0.4, -0.2) is 19.2 Å². The Morgan fingerprint density at radius 2 is 1.78 bits per heavy atom. The van der Waals surface area contributed by atoms with Gasteiger partial charge in [0.15, 0.2) is 5.78 Å². The van der Waals surface area contributed by atoms with E-state index in [2.05, 4.69) is 0 Å². The van der Waals surface area contributed by atoms with E-state index in [0.29, 0.717) is 11.8 Å². The lowest BCUT2D eigenvalue weighted by Crippen LogP contribution is -2.17. The van der Waals surface area contributed by atoms with Crippen molar-refractivity contribution in [3.8, 4) is 11.8 Å². The Morgan fingerprint density at radius 1 is 1.07 bits per heavy atom. The molecule has 3 aromatic carbocycles. The Morgan fingerprint density at radius 3 is 2.44 bits per heavy atom. The van der Waals surface area contributed by atoms with E-state index in [9.17, 15) is 14.9 Å². The van der Waals surface area contributed by atoms with Gasteiger partial charge in [0.1, 0.15) is 18.0 Å². The monoisotopic (exact) mass is 357 g/mol. The van der Waals surface area contributed by atoms with Gasteiger partial charge < -0.3 is 9.53 Å². The molecule has 0 aliphatic heterocycles. The van der Waals surface area contributed by atoms with Gasteiger partial charge in [-0.15, -0.1) is 0 Å². The summed E-state index contributed by atoms with van der Waals surface area (Å²) in [6.07, 6.45) is 0.722. The quantitative estimate of drug-likeness (QED) is 0.460. The van der Waals surface area contributed by atoms with Crippen molar-refractivity contribution in [1.29, 1.82) is 5.26 Å². The van der Waals surface area contributed by atoms with Gasteiger partial charge in [-0.1, -0.05) is 48.5 Å². The second-order valence-corrected chi connectivity index (χ2v) is 6.36. The number of hydrogen-bond acceptors (Lipinski definition) is 4. The molecule has 0 bridgehead atoms. The van der Waals surface area contributed by atoms with Crippen molar-refractivity contribution in [2.75, 3.05) is 7.11 Å². The van der Waals surface area contributed by atoms with Crippen molar-refractivity contribution in [1.82, 2.24) is 0 Å². The standard InChI is InChI=1S/C23H19NO3/c1-27-21-10-9-17-11-19(8-7-18(17)12-21)23(26)13-22(20(14-24)15-25)16-5-3-2-4-6-16/h2-12,15,20,22H,13H2,1H3. The van der Waals surface area contributed by atoms with Gasteiger partial charge >= 0.3 is 0 Å². The smallest absolute Gasteiger partial charge is 0.163 e. The Hall–Kier alpha value is -3.45. The molecule has 2 atom stereocenters. The number of benzene rings is 3. The summed E-state index contributed by atoms with van der Waals surface area (Å²) in [5, 5.41) is 11.2. The molecule has 0 radical (unpaired) electrons. The molecule has 4 heteroatoms. The molecule has 4 nitrogen and oxygen atoms in total. The molecule has 3 aromatic rings. The number of rotatable bonds is 7. The highest BCUT2D eigenvalue weighted by atomic mass is 16.5. The van der Waals surface area contributed by atoms with Gasteiger partial charge in [0.25, 0.3) is 0 Å². The third-order valence-corrected chi connectivity index (χ3v) is 4.73. The van der Waals surface area contributed by atoms with E-state index in [1.54, 1.807) is 13.2 Å². The highest BCUT2D eigenvalue weighted by Crippen LogP contribution is 2.29. The van der Waals surface area contributed by atoms with E-state index in [1.807, 2.05) is 66.7 Å². The fraction of sp³-hybridized carbons (Fsp3) is 0.174. The van der Waals surface area contributed by atoms with Gasteiger partial charge in [-0.2, -0.15) is 5.26 Å². The molecule has 27 heavy (non-hydrogen) atoms. The van der Waals surface area contributed by atoms with Crippen LogP contribution in [0.3, 0.4) is 0 Å². The van der Waals surface area contributed by atoms with Gasteiger partial charge in [-0.25, -0.2) is 0 Å². The van der Waals surface area contributed by atoms with Crippen LogP contribution in [0, 0.1) is 17.2 Å². The number of methoxy groups -OCH3 is 1. The number of Topliss-reactive ketones (excluding diaryl/α,β-unsaturated/α-hetero) is 1. The molecule has 0 spiro atoms. The topological polar surface area (TPSA) is 67.2 Å². The summed E-state index contributed by atoms with van der Waals surface area (Å²) in [4.78, 5) is 24.2. The Balaban J connectivity index is 1.90. The summed E-state index contributed by atoms with van der Waals surface area (Å²) in [5.74, 6) is -0.661. The van der Waals surface area contributed by atoms with Crippen LogP contribution in [0.4, 0.5) is 0 Å². The summed E-state index contributed by atoms with van der Waals surface area (Å²) in [6, 6.07) is 22.4. The molecule has 0 amide bonds. The Kier molecular flexibility index (Phi) is 5.63. The number of carbonyl (C=O) groups excluding carboxylic acids is 2. The van der Waals surface area contributed by atoms with Crippen LogP contribution in [0.25, 0.3) is 10.8 Å². The van der Waals surface area contributed by atoms with Gasteiger partial charge in [-0.05, 0) is 34.5 Å². The first kappa shape index (κ1) is 18.3. The second-order valence-electron chi connectivity index (χ2n) is 6.36. The normalized spacial score (nSPS) is 12.7. The number of nitriles is 1. The van der Waals surface area contributed by atoms with Crippen molar-refractivity contribution in [2.24, 2.45) is 5.92 Å². The van der Waals surface area contributed by atoms with E-state index in [0.717, 1.165) is 22.1 Å². The molecule has 0 fully saturated rings. The third-order valence-electron chi connectivity index (χ3n) is 4.73. The van der Waals surface area contributed by atoms with Crippen molar-refractivity contribution < 1.29 is 14.3 Å². The van der Waals surface area contributed by atoms with Crippen LogP contribution in [0.5, 0.6) is 5.75 Å². The van der Waals surface area contributed by atoms with E-state index >= 15 is 0 Å². The Bertz CT molecular complexity index is 1010. The maximum atomic E-state index is 12.9. The van der Waals surface area contributed by atoms with Crippen LogP contribution < -0.4 is 4.74 Å². The lowest BCUT2D eigenvalue weighted by atomic mass is 9.82. The van der Waals surface area contributed by atoms with Crippen LogP contribution in [0.2, 0.25) is 0 Å². The first-order valence-corrected chi connectivity index (χ1v) is 8.67.